The van der Waals surface area contributed by atoms with E-state index in [0.29, 0.717) is 35.7 Å². The fourth-order valence-corrected chi connectivity index (χ4v) is 6.06. The molecule has 4 heterocycles. The summed E-state index contributed by atoms with van der Waals surface area (Å²) in [4.78, 5) is 24.8. The molecule has 8 nitrogen and oxygen atoms in total. The van der Waals surface area contributed by atoms with E-state index in [2.05, 4.69) is 14.9 Å². The van der Waals surface area contributed by atoms with Gasteiger partial charge < -0.3 is 14.4 Å². The first-order valence-corrected chi connectivity index (χ1v) is 13.5. The van der Waals surface area contributed by atoms with Gasteiger partial charge in [0.1, 0.15) is 5.82 Å². The molecule has 1 saturated carbocycles. The van der Waals surface area contributed by atoms with Crippen molar-refractivity contribution in [3.8, 4) is 17.0 Å². The Kier molecular flexibility index (Phi) is 6.65. The summed E-state index contributed by atoms with van der Waals surface area (Å²) in [6.07, 6.45) is 9.58. The number of likely N-dealkylation sites (tertiary alicyclic amines) is 1. The van der Waals surface area contributed by atoms with Gasteiger partial charge in [0.25, 0.3) is 0 Å². The van der Waals surface area contributed by atoms with Crippen LogP contribution in [0.25, 0.3) is 33.1 Å². The largest absolute Gasteiger partial charge is 0.478 e. The molecule has 3 aromatic heterocycles. The highest BCUT2D eigenvalue weighted by Crippen LogP contribution is 2.42. The molecule has 9 heteroatoms. The Morgan fingerprint density at radius 3 is 2.58 bits per heavy atom. The van der Waals surface area contributed by atoms with E-state index in [1.165, 1.54) is 32.0 Å². The van der Waals surface area contributed by atoms with Crippen LogP contribution in [-0.4, -0.2) is 64.0 Å². The van der Waals surface area contributed by atoms with Crippen molar-refractivity contribution in [2.24, 2.45) is 7.05 Å². The fourth-order valence-electron chi connectivity index (χ4n) is 6.06. The summed E-state index contributed by atoms with van der Waals surface area (Å²) >= 11 is 0. The van der Waals surface area contributed by atoms with Crippen molar-refractivity contribution >= 4 is 21.9 Å². The number of aryl methyl sites for hydroxylation is 1. The van der Waals surface area contributed by atoms with Gasteiger partial charge in [-0.3, -0.25) is 14.1 Å². The minimum absolute atomic E-state index is 0.107. The lowest BCUT2D eigenvalue weighted by Crippen LogP contribution is -2.49. The van der Waals surface area contributed by atoms with E-state index in [0.717, 1.165) is 48.6 Å². The quantitative estimate of drug-likeness (QED) is 0.304. The Morgan fingerprint density at radius 2 is 1.89 bits per heavy atom. The molecule has 38 heavy (non-hydrogen) atoms. The molecule has 1 aromatic carbocycles. The first-order valence-electron chi connectivity index (χ1n) is 13.5. The van der Waals surface area contributed by atoms with Crippen LogP contribution in [0.1, 0.15) is 38.5 Å². The Bertz CT molecular complexity index is 1520. The first-order chi connectivity index (χ1) is 18.5. The van der Waals surface area contributed by atoms with Crippen molar-refractivity contribution in [2.75, 3.05) is 40.0 Å². The van der Waals surface area contributed by atoms with E-state index in [4.69, 9.17) is 9.47 Å². The van der Waals surface area contributed by atoms with E-state index >= 15 is 4.39 Å². The van der Waals surface area contributed by atoms with Gasteiger partial charge >= 0.3 is 5.69 Å². The van der Waals surface area contributed by atoms with Gasteiger partial charge in [0, 0.05) is 55.5 Å². The number of methoxy groups -OCH3 is 1. The number of aromatic nitrogens is 4. The summed E-state index contributed by atoms with van der Waals surface area (Å²) in [5, 5.41) is 0.737. The van der Waals surface area contributed by atoms with Crippen LogP contribution < -0.4 is 10.4 Å². The maximum atomic E-state index is 15.3. The smallest absolute Gasteiger partial charge is 0.329 e. The second-order valence-electron chi connectivity index (χ2n) is 10.7. The van der Waals surface area contributed by atoms with E-state index in [-0.39, 0.29) is 11.5 Å². The average Bonchev–Trinajstić information content (AvgIpc) is 3.51. The number of ether oxygens (including phenoxy) is 2. The summed E-state index contributed by atoms with van der Waals surface area (Å²) in [6.45, 7) is 4.45. The SMILES string of the molecule is COCC1(n2c(=O)n(C)c3cnc4cc(F)c(-c5ccc(OCCCN6CCCC6)nc5)cc4c32)CCC1. The molecule has 0 unspecified atom stereocenters. The van der Waals surface area contributed by atoms with Gasteiger partial charge in [-0.15, -0.1) is 0 Å². The monoisotopic (exact) mass is 519 g/mol. The highest BCUT2D eigenvalue weighted by molar-refractivity contribution is 6.04. The highest BCUT2D eigenvalue weighted by Gasteiger charge is 2.42. The molecule has 0 N–H and O–H groups in total. The Balaban J connectivity index is 1.33. The maximum Gasteiger partial charge on any atom is 0.329 e. The third kappa shape index (κ3) is 4.27. The van der Waals surface area contributed by atoms with Crippen LogP contribution in [-0.2, 0) is 17.3 Å². The molecule has 4 aromatic rings. The number of hydrogen-bond donors (Lipinski definition) is 0. The summed E-state index contributed by atoms with van der Waals surface area (Å²) in [5.74, 6) is 0.148. The molecule has 0 atom stereocenters. The Morgan fingerprint density at radius 1 is 1.08 bits per heavy atom. The van der Waals surface area contributed by atoms with Crippen molar-refractivity contribution < 1.29 is 13.9 Å². The topological polar surface area (TPSA) is 74.4 Å². The molecular formula is C29H34FN5O3. The summed E-state index contributed by atoms with van der Waals surface area (Å²) in [7, 11) is 3.42. The zero-order valence-electron chi connectivity index (χ0n) is 22.1. The second-order valence-corrected chi connectivity index (χ2v) is 10.7. The number of hydrogen-bond acceptors (Lipinski definition) is 6. The number of pyridine rings is 2. The van der Waals surface area contributed by atoms with Gasteiger partial charge in [-0.25, -0.2) is 14.2 Å². The molecular weight excluding hydrogens is 485 g/mol. The lowest BCUT2D eigenvalue weighted by atomic mass is 9.77. The van der Waals surface area contributed by atoms with Crippen LogP contribution in [0.3, 0.4) is 0 Å². The van der Waals surface area contributed by atoms with Crippen molar-refractivity contribution in [1.82, 2.24) is 24.0 Å². The van der Waals surface area contributed by atoms with E-state index < -0.39 is 5.54 Å². The Labute approximate surface area is 221 Å². The third-order valence-corrected chi connectivity index (χ3v) is 8.26. The zero-order chi connectivity index (χ0) is 26.3. The minimum Gasteiger partial charge on any atom is -0.478 e. The molecule has 0 amide bonds. The minimum atomic E-state index is -0.399. The zero-order valence-corrected chi connectivity index (χ0v) is 22.1. The highest BCUT2D eigenvalue weighted by atomic mass is 19.1. The number of halogens is 1. The van der Waals surface area contributed by atoms with E-state index in [1.807, 2.05) is 10.6 Å². The first kappa shape index (κ1) is 25.0. The van der Waals surface area contributed by atoms with Crippen LogP contribution in [0.15, 0.2) is 41.5 Å². The number of nitrogens with zero attached hydrogens (tertiary/aromatic N) is 5. The lowest BCUT2D eigenvalue weighted by molar-refractivity contribution is 0.0278. The van der Waals surface area contributed by atoms with Crippen LogP contribution in [0.2, 0.25) is 0 Å². The predicted octanol–water partition coefficient (Wildman–Crippen LogP) is 4.48. The summed E-state index contributed by atoms with van der Waals surface area (Å²) < 4.78 is 30.2. The third-order valence-electron chi connectivity index (χ3n) is 8.26. The lowest BCUT2D eigenvalue weighted by Gasteiger charge is -2.42. The van der Waals surface area contributed by atoms with Crippen molar-refractivity contribution in [3.63, 3.8) is 0 Å². The van der Waals surface area contributed by atoms with Crippen molar-refractivity contribution in [2.45, 2.75) is 44.1 Å². The number of rotatable bonds is 9. The molecule has 0 bridgehead atoms. The molecule has 1 saturated heterocycles. The van der Waals surface area contributed by atoms with Crippen LogP contribution >= 0.6 is 0 Å². The fraction of sp³-hybridized carbons (Fsp3) is 0.483. The number of fused-ring (bicyclic) bond motifs is 3. The molecule has 0 spiro atoms. The molecule has 0 radical (unpaired) electrons. The molecule has 6 rings (SSSR count). The van der Waals surface area contributed by atoms with Crippen LogP contribution in [0.5, 0.6) is 5.88 Å². The van der Waals surface area contributed by atoms with Gasteiger partial charge in [-0.1, -0.05) is 0 Å². The molecule has 2 fully saturated rings. The van der Waals surface area contributed by atoms with Crippen molar-refractivity contribution in [1.29, 1.82) is 0 Å². The van der Waals surface area contributed by atoms with Gasteiger partial charge in [0.2, 0.25) is 5.88 Å². The van der Waals surface area contributed by atoms with Gasteiger partial charge in [0.05, 0.1) is 41.5 Å². The van der Waals surface area contributed by atoms with Crippen LogP contribution in [0, 0.1) is 5.82 Å². The van der Waals surface area contributed by atoms with Gasteiger partial charge in [-0.05, 0) is 63.7 Å². The number of imidazole rings is 1. The molecule has 1 aliphatic heterocycles. The van der Waals surface area contributed by atoms with Gasteiger partial charge in [0.15, 0.2) is 0 Å². The number of benzene rings is 1. The molecule has 1 aliphatic carbocycles. The normalized spacial score (nSPS) is 17.3. The standard InChI is InChI=1S/C29H34FN5O3/c1-33-25-18-31-24-16-23(30)21(15-22(24)27(25)35(28(33)36)29(19-37-2)9-5-10-29)20-7-8-26(32-17-20)38-14-6-13-34-11-3-4-12-34/h7-8,15-18H,3-6,9-14,19H2,1-2H3. The van der Waals surface area contributed by atoms with E-state index in [1.54, 1.807) is 43.3 Å². The predicted molar refractivity (Wildman–Crippen MR) is 145 cm³/mol. The van der Waals surface area contributed by atoms with Crippen LogP contribution in [0.4, 0.5) is 4.39 Å². The van der Waals surface area contributed by atoms with Crippen molar-refractivity contribution in [3.05, 3.63) is 53.0 Å². The molecule has 2 aliphatic rings. The van der Waals surface area contributed by atoms with Gasteiger partial charge in [-0.2, -0.15) is 0 Å². The molecule has 200 valence electrons. The average molecular weight is 520 g/mol. The van der Waals surface area contributed by atoms with E-state index in [9.17, 15) is 4.79 Å². The second kappa shape index (κ2) is 10.1. The Hall–Kier alpha value is -3.30. The maximum absolute atomic E-state index is 15.3. The summed E-state index contributed by atoms with van der Waals surface area (Å²) in [6, 6.07) is 6.85. The summed E-state index contributed by atoms with van der Waals surface area (Å²) in [5.41, 5.74) is 2.55.